The first kappa shape index (κ1) is 34.2. The summed E-state index contributed by atoms with van der Waals surface area (Å²) in [5.41, 5.74) is 5.79. The number of hydrogen-bond donors (Lipinski definition) is 0. The Bertz CT molecular complexity index is 1820. The third-order valence-electron chi connectivity index (χ3n) is 9.72. The van der Waals surface area contributed by atoms with Gasteiger partial charge < -0.3 is 14.2 Å². The van der Waals surface area contributed by atoms with Gasteiger partial charge in [-0.25, -0.2) is 19.5 Å². The first-order chi connectivity index (χ1) is 23.8. The van der Waals surface area contributed by atoms with Gasteiger partial charge in [0.05, 0.1) is 47.4 Å². The highest BCUT2D eigenvalue weighted by atomic mass is 16.6. The molecule has 0 spiro atoms. The molecule has 0 saturated heterocycles. The lowest BCUT2D eigenvalue weighted by Gasteiger charge is -2.38. The zero-order chi connectivity index (χ0) is 35.2. The fraction of sp³-hybridized carbons (Fsp3) is 0.525. The van der Waals surface area contributed by atoms with Crippen LogP contribution in [0.5, 0.6) is 0 Å². The van der Waals surface area contributed by atoms with Crippen LogP contribution in [0.3, 0.4) is 0 Å². The molecular weight excluding hydrogens is 630 g/mol. The molecule has 0 unspecified atom stereocenters. The second-order valence-electron chi connectivity index (χ2n) is 16.3. The lowest BCUT2D eigenvalue weighted by molar-refractivity contribution is -0.0207. The fourth-order valence-electron chi connectivity index (χ4n) is 6.80. The molecule has 264 valence electrons. The average molecular weight is 680 g/mol. The topological polar surface area (TPSA) is 109 Å². The van der Waals surface area contributed by atoms with Gasteiger partial charge >= 0.3 is 12.2 Å². The summed E-state index contributed by atoms with van der Waals surface area (Å²) in [7, 11) is 0. The van der Waals surface area contributed by atoms with E-state index in [1.807, 2.05) is 24.4 Å². The molecule has 0 atom stereocenters. The number of benzene rings is 2. The van der Waals surface area contributed by atoms with Crippen LogP contribution < -0.4 is 0 Å². The molecule has 10 heteroatoms. The van der Waals surface area contributed by atoms with Crippen LogP contribution in [0.15, 0.2) is 60.9 Å². The van der Waals surface area contributed by atoms with Crippen molar-refractivity contribution in [3.8, 4) is 11.3 Å². The summed E-state index contributed by atoms with van der Waals surface area (Å²) in [6.45, 7) is 11.6. The summed E-state index contributed by atoms with van der Waals surface area (Å²) < 4.78 is 19.3. The molecule has 2 aromatic carbocycles. The van der Waals surface area contributed by atoms with Gasteiger partial charge in [-0.1, -0.05) is 36.4 Å². The average Bonchev–Trinajstić information content (AvgIpc) is 3.76. The maximum atomic E-state index is 13.0. The van der Waals surface area contributed by atoms with E-state index in [1.165, 1.54) is 11.1 Å². The third-order valence-corrected chi connectivity index (χ3v) is 9.72. The van der Waals surface area contributed by atoms with E-state index in [-0.39, 0.29) is 24.6 Å². The smallest absolute Gasteiger partial charge is 0.419 e. The molecule has 0 aliphatic heterocycles. The van der Waals surface area contributed by atoms with Gasteiger partial charge in [0.2, 0.25) is 0 Å². The molecular formula is C40H49N5O5. The monoisotopic (exact) mass is 679 g/mol. The number of carbonyl (C=O) groups excluding carboxylic acids is 2. The van der Waals surface area contributed by atoms with Gasteiger partial charge in [-0.15, -0.1) is 0 Å². The summed E-state index contributed by atoms with van der Waals surface area (Å²) in [5.74, 6) is 1.01. The van der Waals surface area contributed by atoms with Gasteiger partial charge in [0, 0.05) is 24.2 Å². The van der Waals surface area contributed by atoms with Gasteiger partial charge in [-0.3, -0.25) is 9.67 Å². The Balaban J connectivity index is 1.02. The van der Waals surface area contributed by atoms with Gasteiger partial charge in [0.15, 0.2) is 0 Å². The summed E-state index contributed by atoms with van der Waals surface area (Å²) in [4.78, 5) is 37.1. The number of imide groups is 1. The molecule has 4 aromatic rings. The van der Waals surface area contributed by atoms with Crippen molar-refractivity contribution in [1.82, 2.24) is 24.6 Å². The summed E-state index contributed by atoms with van der Waals surface area (Å²) >= 11 is 0. The number of ether oxygens (including phenoxy) is 3. The highest BCUT2D eigenvalue weighted by Crippen LogP contribution is 2.46. The number of nitrogens with zero attached hydrogens (tertiary/aromatic N) is 5. The lowest BCUT2D eigenvalue weighted by atomic mass is 9.77. The summed E-state index contributed by atoms with van der Waals surface area (Å²) in [5, 5.41) is 5.09. The predicted octanol–water partition coefficient (Wildman–Crippen LogP) is 8.96. The normalized spacial score (nSPS) is 22.0. The molecule has 3 aliphatic carbocycles. The molecule has 0 radical (unpaired) electrons. The number of amides is 2. The van der Waals surface area contributed by atoms with Crippen molar-refractivity contribution in [1.29, 1.82) is 0 Å². The Labute approximate surface area is 294 Å². The number of rotatable bonds is 9. The first-order valence-electron chi connectivity index (χ1n) is 18.0. The van der Waals surface area contributed by atoms with E-state index >= 15 is 0 Å². The van der Waals surface area contributed by atoms with E-state index < -0.39 is 23.4 Å². The van der Waals surface area contributed by atoms with Crippen molar-refractivity contribution in [2.45, 2.75) is 122 Å². The lowest BCUT2D eigenvalue weighted by Crippen LogP contribution is -2.47. The van der Waals surface area contributed by atoms with Crippen LogP contribution >= 0.6 is 0 Å². The van der Waals surface area contributed by atoms with Crippen LogP contribution in [0, 0.1) is 5.92 Å². The van der Waals surface area contributed by atoms with Crippen LogP contribution in [0.25, 0.3) is 22.3 Å². The van der Waals surface area contributed by atoms with E-state index in [4.69, 9.17) is 29.3 Å². The first-order valence-corrected chi connectivity index (χ1v) is 18.0. The summed E-state index contributed by atoms with van der Waals surface area (Å²) in [6.07, 6.45) is 8.76. The van der Waals surface area contributed by atoms with E-state index in [9.17, 15) is 9.59 Å². The summed E-state index contributed by atoms with van der Waals surface area (Å²) in [6, 6.07) is 17.0. The molecule has 0 bridgehead atoms. The standard InChI is InChI=1S/C40H49N5O5/c1-39(2,3)49-37(46)44(38(47)50-40(4,5)6)22-26-16-30(17-26)45-23-32(36(43-45)27-12-13-27)35-21-41-33-15-14-28(20-34(33)42-35)29-18-31(19-29)48-24-25-10-8-7-9-11-25/h7-11,14-15,20-21,23,26-27,29-31H,12-13,16-19,22,24H2,1-6H3/t26-,29?,30-,31?. The Morgan fingerprint density at radius 2 is 1.54 bits per heavy atom. The highest BCUT2D eigenvalue weighted by molar-refractivity contribution is 5.88. The largest absolute Gasteiger partial charge is 0.443 e. The van der Waals surface area contributed by atoms with Crippen molar-refractivity contribution >= 4 is 23.2 Å². The molecule has 2 heterocycles. The molecule has 10 nitrogen and oxygen atoms in total. The van der Waals surface area contributed by atoms with Crippen molar-refractivity contribution in [3.05, 3.63) is 77.7 Å². The Morgan fingerprint density at radius 1 is 0.860 bits per heavy atom. The van der Waals surface area contributed by atoms with Crippen LogP contribution in [0.2, 0.25) is 0 Å². The van der Waals surface area contributed by atoms with E-state index in [0.717, 1.165) is 71.4 Å². The predicted molar refractivity (Wildman–Crippen MR) is 191 cm³/mol. The Kier molecular flexibility index (Phi) is 9.18. The van der Waals surface area contributed by atoms with Crippen LogP contribution in [-0.2, 0) is 20.8 Å². The second kappa shape index (κ2) is 13.4. The zero-order valence-electron chi connectivity index (χ0n) is 30.1. The minimum atomic E-state index is -0.727. The van der Waals surface area contributed by atoms with Crippen LogP contribution in [-0.4, -0.2) is 60.7 Å². The number of carbonyl (C=O) groups is 2. The molecule has 3 aliphatic rings. The van der Waals surface area contributed by atoms with Crippen molar-refractivity contribution in [3.63, 3.8) is 0 Å². The van der Waals surface area contributed by atoms with Crippen LogP contribution in [0.1, 0.15) is 115 Å². The maximum Gasteiger partial charge on any atom is 0.419 e. The Hall–Kier alpha value is -4.31. The molecule has 3 fully saturated rings. The maximum absolute atomic E-state index is 13.0. The number of aromatic nitrogens is 4. The van der Waals surface area contributed by atoms with Crippen molar-refractivity contribution in [2.75, 3.05) is 6.54 Å². The minimum Gasteiger partial charge on any atom is -0.443 e. The number of fused-ring (bicyclic) bond motifs is 1. The molecule has 2 aromatic heterocycles. The Morgan fingerprint density at radius 3 is 2.18 bits per heavy atom. The van der Waals surface area contributed by atoms with E-state index in [1.54, 1.807) is 41.5 Å². The SMILES string of the molecule is CC(C)(C)OC(=O)N(C[C@H]1C[C@H](n2cc(-c3cnc4ccc(C5CC(OCc6ccccc6)C5)cc4n3)c(C3CC3)n2)C1)C(=O)OC(C)(C)C. The molecule has 50 heavy (non-hydrogen) atoms. The van der Waals surface area contributed by atoms with Gasteiger partial charge in [0.25, 0.3) is 0 Å². The number of hydrogen-bond acceptors (Lipinski definition) is 8. The second-order valence-corrected chi connectivity index (χ2v) is 16.3. The molecule has 0 N–H and O–H groups in total. The third kappa shape index (κ3) is 8.01. The molecule has 3 saturated carbocycles. The van der Waals surface area contributed by atoms with E-state index in [0.29, 0.717) is 18.4 Å². The van der Waals surface area contributed by atoms with Gasteiger partial charge in [0.1, 0.15) is 11.2 Å². The van der Waals surface area contributed by atoms with Crippen molar-refractivity contribution in [2.24, 2.45) is 5.92 Å². The molecule has 7 rings (SSSR count). The zero-order valence-corrected chi connectivity index (χ0v) is 30.1. The fourth-order valence-corrected chi connectivity index (χ4v) is 6.80. The highest BCUT2D eigenvalue weighted by Gasteiger charge is 2.40. The van der Waals surface area contributed by atoms with Crippen molar-refractivity contribution < 1.29 is 23.8 Å². The van der Waals surface area contributed by atoms with Gasteiger partial charge in [-0.05, 0) is 115 Å². The quantitative estimate of drug-likeness (QED) is 0.173. The minimum absolute atomic E-state index is 0.116. The van der Waals surface area contributed by atoms with Gasteiger partial charge in [-0.2, -0.15) is 5.10 Å². The van der Waals surface area contributed by atoms with E-state index in [2.05, 4.69) is 41.2 Å². The molecule has 2 amide bonds. The van der Waals surface area contributed by atoms with Crippen LogP contribution in [0.4, 0.5) is 9.59 Å².